The van der Waals surface area contributed by atoms with Crippen molar-refractivity contribution in [2.45, 2.75) is 12.7 Å². The van der Waals surface area contributed by atoms with Crippen molar-refractivity contribution in [1.29, 1.82) is 0 Å². The van der Waals surface area contributed by atoms with Crippen molar-refractivity contribution in [3.63, 3.8) is 0 Å². The molecule has 0 atom stereocenters. The molecule has 21 heavy (non-hydrogen) atoms. The quantitative estimate of drug-likeness (QED) is 0.701. The van der Waals surface area contributed by atoms with Gasteiger partial charge in [-0.05, 0) is 35.9 Å². The van der Waals surface area contributed by atoms with E-state index in [1.807, 2.05) is 0 Å². The number of nitrogens with one attached hydrogen (secondary N) is 1. The van der Waals surface area contributed by atoms with Crippen LogP contribution in [-0.4, -0.2) is 0 Å². The van der Waals surface area contributed by atoms with Crippen LogP contribution in [-0.2, 0) is 12.7 Å². The van der Waals surface area contributed by atoms with E-state index in [1.54, 1.807) is 6.07 Å². The van der Waals surface area contributed by atoms with Crippen LogP contribution in [0.25, 0.3) is 0 Å². The van der Waals surface area contributed by atoms with Crippen molar-refractivity contribution in [2.75, 3.05) is 5.32 Å². The number of halogens is 6. The largest absolute Gasteiger partial charge is 0.416 e. The Morgan fingerprint density at radius 3 is 2.38 bits per heavy atom. The number of alkyl halides is 3. The van der Waals surface area contributed by atoms with Gasteiger partial charge in [-0.3, -0.25) is 0 Å². The summed E-state index contributed by atoms with van der Waals surface area (Å²) in [6, 6.07) is 7.13. The van der Waals surface area contributed by atoms with Crippen molar-refractivity contribution in [2.24, 2.45) is 0 Å². The van der Waals surface area contributed by atoms with Gasteiger partial charge in [0.1, 0.15) is 5.82 Å². The van der Waals surface area contributed by atoms with Crippen LogP contribution in [0.2, 0.25) is 10.0 Å². The lowest BCUT2D eigenvalue weighted by Crippen LogP contribution is -2.12. The zero-order chi connectivity index (χ0) is 15.6. The molecule has 1 N–H and O–H groups in total. The SMILES string of the molecule is Fc1ccc(CNc2cc(Cl)ccc2Cl)c(C(F)(F)F)c1. The Balaban J connectivity index is 2.26. The summed E-state index contributed by atoms with van der Waals surface area (Å²) >= 11 is 11.7. The number of hydrogen-bond donors (Lipinski definition) is 1. The topological polar surface area (TPSA) is 12.0 Å². The highest BCUT2D eigenvalue weighted by Gasteiger charge is 2.33. The number of rotatable bonds is 3. The third-order valence-corrected chi connectivity index (χ3v) is 3.34. The zero-order valence-corrected chi connectivity index (χ0v) is 12.0. The minimum Gasteiger partial charge on any atom is -0.380 e. The van der Waals surface area contributed by atoms with Gasteiger partial charge >= 0.3 is 6.18 Å². The molecule has 7 heteroatoms. The molecule has 1 nitrogen and oxygen atoms in total. The standard InChI is InChI=1S/C14H9Cl2F4N/c15-9-2-4-12(16)13(5-9)21-7-8-1-3-10(17)6-11(8)14(18,19)20/h1-6,21H,7H2. The lowest BCUT2D eigenvalue weighted by Gasteiger charge is -2.15. The van der Waals surface area contributed by atoms with Crippen molar-refractivity contribution >= 4 is 28.9 Å². The maximum atomic E-state index is 13.0. The molecule has 2 rings (SSSR count). The van der Waals surface area contributed by atoms with Crippen LogP contribution in [0.5, 0.6) is 0 Å². The molecule has 0 spiro atoms. The predicted octanol–water partition coefficient (Wildman–Crippen LogP) is 5.76. The summed E-state index contributed by atoms with van der Waals surface area (Å²) in [5.41, 5.74) is -0.699. The Bertz CT molecular complexity index is 656. The normalized spacial score (nSPS) is 11.5. The zero-order valence-electron chi connectivity index (χ0n) is 10.4. The minimum atomic E-state index is -4.63. The Morgan fingerprint density at radius 1 is 1.00 bits per heavy atom. The summed E-state index contributed by atoms with van der Waals surface area (Å²) < 4.78 is 51.6. The average Bonchev–Trinajstić information content (AvgIpc) is 2.40. The third kappa shape index (κ3) is 4.02. The van der Waals surface area contributed by atoms with Crippen molar-refractivity contribution in [1.82, 2.24) is 0 Å². The average molecular weight is 338 g/mol. The fraction of sp³-hybridized carbons (Fsp3) is 0.143. The van der Waals surface area contributed by atoms with Gasteiger partial charge in [-0.2, -0.15) is 13.2 Å². The van der Waals surface area contributed by atoms with E-state index in [9.17, 15) is 17.6 Å². The second-order valence-corrected chi connectivity index (χ2v) is 5.12. The highest BCUT2D eigenvalue weighted by atomic mass is 35.5. The van der Waals surface area contributed by atoms with Gasteiger partial charge in [-0.1, -0.05) is 29.3 Å². The van der Waals surface area contributed by atoms with Crippen LogP contribution in [0.4, 0.5) is 23.2 Å². The van der Waals surface area contributed by atoms with Gasteiger partial charge in [0.15, 0.2) is 0 Å². The van der Waals surface area contributed by atoms with E-state index >= 15 is 0 Å². The summed E-state index contributed by atoms with van der Waals surface area (Å²) in [6.07, 6.45) is -4.63. The fourth-order valence-corrected chi connectivity index (χ4v) is 2.15. The number of anilines is 1. The molecule has 0 saturated carbocycles. The predicted molar refractivity (Wildman–Crippen MR) is 75.2 cm³/mol. The van der Waals surface area contributed by atoms with Gasteiger partial charge in [-0.15, -0.1) is 0 Å². The molecule has 0 bridgehead atoms. The van der Waals surface area contributed by atoms with Gasteiger partial charge in [0.2, 0.25) is 0 Å². The first kappa shape index (κ1) is 15.9. The van der Waals surface area contributed by atoms with Crippen LogP contribution in [0.3, 0.4) is 0 Å². The van der Waals surface area contributed by atoms with Crippen molar-refractivity contribution in [3.8, 4) is 0 Å². The summed E-state index contributed by atoms with van der Waals surface area (Å²) in [4.78, 5) is 0. The van der Waals surface area contributed by atoms with Crippen molar-refractivity contribution < 1.29 is 17.6 Å². The van der Waals surface area contributed by atoms with Crippen LogP contribution in [0, 0.1) is 5.82 Å². The maximum absolute atomic E-state index is 13.0. The molecule has 0 aliphatic heterocycles. The highest BCUT2D eigenvalue weighted by Crippen LogP contribution is 2.33. The van der Waals surface area contributed by atoms with Gasteiger partial charge in [0, 0.05) is 11.6 Å². The molecular formula is C14H9Cl2F4N. The number of hydrogen-bond acceptors (Lipinski definition) is 1. The van der Waals surface area contributed by atoms with Gasteiger partial charge < -0.3 is 5.32 Å². The van der Waals surface area contributed by atoms with E-state index in [4.69, 9.17) is 23.2 Å². The Labute approximate surface area is 128 Å². The molecule has 0 heterocycles. The first-order chi connectivity index (χ1) is 9.77. The molecule has 0 fully saturated rings. The van der Waals surface area contributed by atoms with Crippen molar-refractivity contribution in [3.05, 3.63) is 63.4 Å². The monoisotopic (exact) mass is 337 g/mol. The Hall–Kier alpha value is -1.46. The second-order valence-electron chi connectivity index (χ2n) is 4.28. The van der Waals surface area contributed by atoms with Crippen LogP contribution in [0.15, 0.2) is 36.4 Å². The van der Waals surface area contributed by atoms with E-state index in [0.717, 1.165) is 12.1 Å². The molecule has 0 unspecified atom stereocenters. The van der Waals surface area contributed by atoms with Crippen LogP contribution in [0.1, 0.15) is 11.1 Å². The fourth-order valence-electron chi connectivity index (χ4n) is 1.79. The van der Waals surface area contributed by atoms with Gasteiger partial charge in [0.25, 0.3) is 0 Å². The third-order valence-electron chi connectivity index (χ3n) is 2.78. The molecular weight excluding hydrogens is 329 g/mol. The van der Waals surface area contributed by atoms with Crippen LogP contribution < -0.4 is 5.32 Å². The minimum absolute atomic E-state index is 0.0834. The molecule has 112 valence electrons. The summed E-state index contributed by atoms with van der Waals surface area (Å²) in [7, 11) is 0. The Morgan fingerprint density at radius 2 is 1.71 bits per heavy atom. The summed E-state index contributed by atoms with van der Waals surface area (Å²) in [5.74, 6) is -0.938. The van der Waals surface area contributed by atoms with E-state index in [0.29, 0.717) is 21.8 Å². The van der Waals surface area contributed by atoms with E-state index in [2.05, 4.69) is 5.32 Å². The lowest BCUT2D eigenvalue weighted by atomic mass is 10.1. The lowest BCUT2D eigenvalue weighted by molar-refractivity contribution is -0.138. The maximum Gasteiger partial charge on any atom is 0.416 e. The molecule has 2 aromatic rings. The molecule has 0 saturated heterocycles. The highest BCUT2D eigenvalue weighted by molar-refractivity contribution is 6.35. The van der Waals surface area contributed by atoms with Crippen LogP contribution >= 0.6 is 23.2 Å². The number of benzene rings is 2. The molecule has 2 aromatic carbocycles. The van der Waals surface area contributed by atoms with E-state index in [-0.39, 0.29) is 12.1 Å². The molecule has 0 amide bonds. The summed E-state index contributed by atoms with van der Waals surface area (Å²) in [6.45, 7) is -0.158. The smallest absolute Gasteiger partial charge is 0.380 e. The Kier molecular flexibility index (Phi) is 4.64. The molecule has 0 aliphatic carbocycles. The first-order valence-electron chi connectivity index (χ1n) is 5.82. The van der Waals surface area contributed by atoms with E-state index < -0.39 is 17.6 Å². The van der Waals surface area contributed by atoms with Gasteiger partial charge in [-0.25, -0.2) is 4.39 Å². The van der Waals surface area contributed by atoms with Gasteiger partial charge in [0.05, 0.1) is 16.3 Å². The first-order valence-corrected chi connectivity index (χ1v) is 6.57. The summed E-state index contributed by atoms with van der Waals surface area (Å²) in [5, 5.41) is 3.49. The molecule has 0 radical (unpaired) electrons. The van der Waals surface area contributed by atoms with E-state index in [1.165, 1.54) is 12.1 Å². The molecule has 0 aliphatic rings. The second kappa shape index (κ2) is 6.12. The molecule has 0 aromatic heterocycles.